The summed E-state index contributed by atoms with van der Waals surface area (Å²) in [7, 11) is 1.61. The third-order valence-corrected chi connectivity index (χ3v) is 4.77. The van der Waals surface area contributed by atoms with Crippen molar-refractivity contribution in [3.05, 3.63) is 53.1 Å². The number of ether oxygens (including phenoxy) is 2. The zero-order chi connectivity index (χ0) is 20.3. The first-order valence-corrected chi connectivity index (χ1v) is 9.37. The molecule has 1 unspecified atom stereocenters. The van der Waals surface area contributed by atoms with Crippen molar-refractivity contribution in [1.82, 2.24) is 5.32 Å². The monoisotopic (exact) mass is 382 g/mol. The minimum atomic E-state index is -0.624. The summed E-state index contributed by atoms with van der Waals surface area (Å²) in [6.07, 6.45) is 0.656. The van der Waals surface area contributed by atoms with E-state index >= 15 is 0 Å². The van der Waals surface area contributed by atoms with Crippen LogP contribution in [-0.2, 0) is 9.59 Å². The Morgan fingerprint density at radius 2 is 1.89 bits per heavy atom. The van der Waals surface area contributed by atoms with Gasteiger partial charge in [-0.3, -0.25) is 9.59 Å². The van der Waals surface area contributed by atoms with Crippen LogP contribution in [0.1, 0.15) is 36.1 Å². The van der Waals surface area contributed by atoms with E-state index in [1.807, 2.05) is 44.2 Å². The topological polar surface area (TPSA) is 67.9 Å². The van der Waals surface area contributed by atoms with Crippen LogP contribution in [0.25, 0.3) is 0 Å². The summed E-state index contributed by atoms with van der Waals surface area (Å²) in [6, 6.07) is 10.9. The van der Waals surface area contributed by atoms with Gasteiger partial charge in [0.1, 0.15) is 6.04 Å². The normalized spacial score (nSPS) is 15.4. The summed E-state index contributed by atoms with van der Waals surface area (Å²) in [5.41, 5.74) is 3.86. The van der Waals surface area contributed by atoms with Crippen molar-refractivity contribution in [2.75, 3.05) is 25.2 Å². The summed E-state index contributed by atoms with van der Waals surface area (Å²) in [5.74, 6) is 1.05. The molecule has 1 aliphatic heterocycles. The van der Waals surface area contributed by atoms with Crippen LogP contribution in [-0.4, -0.2) is 32.1 Å². The van der Waals surface area contributed by atoms with Gasteiger partial charge in [0, 0.05) is 19.0 Å². The Kier molecular flexibility index (Phi) is 5.87. The lowest BCUT2D eigenvalue weighted by Gasteiger charge is -2.20. The largest absolute Gasteiger partial charge is 0.493 e. The maximum atomic E-state index is 13.0. The van der Waals surface area contributed by atoms with E-state index in [-0.39, 0.29) is 11.8 Å². The van der Waals surface area contributed by atoms with Crippen LogP contribution >= 0.6 is 0 Å². The highest BCUT2D eigenvalue weighted by atomic mass is 16.5. The first kappa shape index (κ1) is 19.7. The number of rotatable bonds is 7. The number of carbonyl (C=O) groups is 2. The standard InChI is InChI=1S/C22H26N2O4/c1-14-12-15(2)21-17(13-14)20(23-16(3)25)22(26)24(21)10-7-11-28-19-9-6-5-8-18(19)27-4/h5-6,8-9,12-13,20H,7,10-11H2,1-4H3,(H,23,25). The van der Waals surface area contributed by atoms with E-state index in [0.717, 1.165) is 22.4 Å². The highest BCUT2D eigenvalue weighted by Gasteiger charge is 2.38. The van der Waals surface area contributed by atoms with Crippen LogP contribution in [0.2, 0.25) is 0 Å². The molecule has 148 valence electrons. The Balaban J connectivity index is 1.72. The molecule has 3 rings (SSSR count). The molecule has 1 aliphatic rings. The SMILES string of the molecule is COc1ccccc1OCCCN1C(=O)C(NC(C)=O)c2cc(C)cc(C)c21. The lowest BCUT2D eigenvalue weighted by Crippen LogP contribution is -2.37. The molecule has 0 saturated heterocycles. The second kappa shape index (κ2) is 8.33. The first-order chi connectivity index (χ1) is 13.4. The Morgan fingerprint density at radius 1 is 1.18 bits per heavy atom. The minimum Gasteiger partial charge on any atom is -0.493 e. The van der Waals surface area contributed by atoms with Gasteiger partial charge in [0.2, 0.25) is 5.91 Å². The van der Waals surface area contributed by atoms with E-state index in [0.29, 0.717) is 31.1 Å². The molecule has 0 aliphatic carbocycles. The number of anilines is 1. The number of nitrogens with one attached hydrogen (secondary N) is 1. The van der Waals surface area contributed by atoms with Crippen LogP contribution in [0.4, 0.5) is 5.69 Å². The van der Waals surface area contributed by atoms with Crippen molar-refractivity contribution < 1.29 is 19.1 Å². The number of hydrogen-bond acceptors (Lipinski definition) is 4. The fourth-order valence-electron chi connectivity index (χ4n) is 3.69. The van der Waals surface area contributed by atoms with Crippen molar-refractivity contribution in [2.45, 2.75) is 33.2 Å². The van der Waals surface area contributed by atoms with Crippen molar-refractivity contribution in [2.24, 2.45) is 0 Å². The van der Waals surface area contributed by atoms with Gasteiger partial charge in [-0.25, -0.2) is 0 Å². The second-order valence-corrected chi connectivity index (χ2v) is 7.00. The molecule has 1 atom stereocenters. The van der Waals surface area contributed by atoms with E-state index < -0.39 is 6.04 Å². The van der Waals surface area contributed by atoms with Crippen LogP contribution < -0.4 is 19.7 Å². The number of carbonyl (C=O) groups excluding carboxylic acids is 2. The third-order valence-electron chi connectivity index (χ3n) is 4.77. The summed E-state index contributed by atoms with van der Waals surface area (Å²) in [4.78, 5) is 26.3. The van der Waals surface area contributed by atoms with Crippen molar-refractivity contribution in [3.63, 3.8) is 0 Å². The van der Waals surface area contributed by atoms with E-state index in [1.54, 1.807) is 12.0 Å². The predicted molar refractivity (Wildman–Crippen MR) is 108 cm³/mol. The van der Waals surface area contributed by atoms with Gasteiger partial charge in [0.15, 0.2) is 11.5 Å². The fraction of sp³-hybridized carbons (Fsp3) is 0.364. The summed E-state index contributed by atoms with van der Waals surface area (Å²) >= 11 is 0. The molecule has 0 fully saturated rings. The molecule has 2 aromatic carbocycles. The van der Waals surface area contributed by atoms with Gasteiger partial charge in [-0.15, -0.1) is 0 Å². The van der Waals surface area contributed by atoms with Gasteiger partial charge in [-0.1, -0.05) is 29.8 Å². The molecule has 6 nitrogen and oxygen atoms in total. The molecule has 0 saturated carbocycles. The maximum Gasteiger partial charge on any atom is 0.254 e. The highest BCUT2D eigenvalue weighted by molar-refractivity contribution is 6.06. The van der Waals surface area contributed by atoms with Gasteiger partial charge >= 0.3 is 0 Å². The summed E-state index contributed by atoms with van der Waals surface area (Å²) in [5, 5.41) is 2.79. The third kappa shape index (κ3) is 3.96. The minimum absolute atomic E-state index is 0.101. The summed E-state index contributed by atoms with van der Waals surface area (Å²) in [6.45, 7) is 6.38. The predicted octanol–water partition coefficient (Wildman–Crippen LogP) is 3.30. The quantitative estimate of drug-likeness (QED) is 0.746. The van der Waals surface area contributed by atoms with Gasteiger partial charge in [-0.2, -0.15) is 0 Å². The number of para-hydroxylation sites is 2. The van der Waals surface area contributed by atoms with E-state index in [4.69, 9.17) is 9.47 Å². The molecule has 6 heteroatoms. The molecular formula is C22H26N2O4. The lowest BCUT2D eigenvalue weighted by atomic mass is 10.0. The maximum absolute atomic E-state index is 13.0. The second-order valence-electron chi connectivity index (χ2n) is 7.00. The number of fused-ring (bicyclic) bond motifs is 1. The average molecular weight is 382 g/mol. The fourth-order valence-corrected chi connectivity index (χ4v) is 3.69. The lowest BCUT2D eigenvalue weighted by molar-refractivity contribution is -0.126. The Bertz CT molecular complexity index is 894. The number of benzene rings is 2. The highest BCUT2D eigenvalue weighted by Crippen LogP contribution is 2.39. The van der Waals surface area contributed by atoms with Crippen LogP contribution in [0, 0.1) is 13.8 Å². The zero-order valence-electron chi connectivity index (χ0n) is 16.7. The molecule has 0 radical (unpaired) electrons. The molecule has 0 aromatic heterocycles. The molecule has 2 amide bonds. The van der Waals surface area contributed by atoms with E-state index in [1.165, 1.54) is 6.92 Å². The van der Waals surface area contributed by atoms with Gasteiger partial charge < -0.3 is 19.7 Å². The summed E-state index contributed by atoms with van der Waals surface area (Å²) < 4.78 is 11.1. The number of aryl methyl sites for hydroxylation is 2. The molecule has 28 heavy (non-hydrogen) atoms. The van der Waals surface area contributed by atoms with Crippen molar-refractivity contribution in [1.29, 1.82) is 0 Å². The number of hydrogen-bond donors (Lipinski definition) is 1. The number of methoxy groups -OCH3 is 1. The van der Waals surface area contributed by atoms with Crippen molar-refractivity contribution >= 4 is 17.5 Å². The van der Waals surface area contributed by atoms with Crippen LogP contribution in [0.5, 0.6) is 11.5 Å². The molecule has 1 heterocycles. The molecule has 2 aromatic rings. The van der Waals surface area contributed by atoms with Gasteiger partial charge in [-0.05, 0) is 38.0 Å². The molecule has 0 bridgehead atoms. The molecular weight excluding hydrogens is 356 g/mol. The number of amides is 2. The van der Waals surface area contributed by atoms with Crippen molar-refractivity contribution in [3.8, 4) is 11.5 Å². The van der Waals surface area contributed by atoms with Crippen LogP contribution in [0.15, 0.2) is 36.4 Å². The molecule has 0 spiro atoms. The van der Waals surface area contributed by atoms with E-state index in [9.17, 15) is 9.59 Å². The van der Waals surface area contributed by atoms with E-state index in [2.05, 4.69) is 11.4 Å². The smallest absolute Gasteiger partial charge is 0.254 e. The average Bonchev–Trinajstić information content (AvgIpc) is 2.90. The number of nitrogens with zero attached hydrogens (tertiary/aromatic N) is 1. The first-order valence-electron chi connectivity index (χ1n) is 9.37. The Labute approximate surface area is 165 Å². The van der Waals surface area contributed by atoms with Gasteiger partial charge in [0.05, 0.1) is 19.4 Å². The van der Waals surface area contributed by atoms with Gasteiger partial charge in [0.25, 0.3) is 5.91 Å². The Hall–Kier alpha value is -3.02. The van der Waals surface area contributed by atoms with Crippen LogP contribution in [0.3, 0.4) is 0 Å². The molecule has 1 N–H and O–H groups in total. The Morgan fingerprint density at radius 3 is 2.57 bits per heavy atom. The zero-order valence-corrected chi connectivity index (χ0v) is 16.7.